The predicted molar refractivity (Wildman–Crippen MR) is 118 cm³/mol. The van der Waals surface area contributed by atoms with Gasteiger partial charge in [-0.2, -0.15) is 4.98 Å². The van der Waals surface area contributed by atoms with E-state index < -0.39 is 4.92 Å². The van der Waals surface area contributed by atoms with Crippen LogP contribution < -0.4 is 10.1 Å². The van der Waals surface area contributed by atoms with E-state index in [2.05, 4.69) is 33.4 Å². The normalized spacial score (nSPS) is 17.0. The maximum Gasteiger partial charge on any atom is 0.311 e. The fourth-order valence-corrected chi connectivity index (χ4v) is 4.03. The van der Waals surface area contributed by atoms with Crippen LogP contribution in [0.25, 0.3) is 10.9 Å². The molecule has 4 rings (SSSR count). The van der Waals surface area contributed by atoms with Crippen LogP contribution in [0.2, 0.25) is 0 Å². The lowest BCUT2D eigenvalue weighted by molar-refractivity contribution is -0.384. The quantitative estimate of drug-likeness (QED) is 0.436. The van der Waals surface area contributed by atoms with Gasteiger partial charge in [-0.05, 0) is 70.5 Å². The Morgan fingerprint density at radius 2 is 2.20 bits per heavy atom. The number of pyridine rings is 1. The van der Waals surface area contributed by atoms with Crippen LogP contribution in [-0.4, -0.2) is 45.5 Å². The third kappa shape index (κ3) is 4.23. The van der Waals surface area contributed by atoms with Crippen molar-refractivity contribution in [2.45, 2.75) is 45.3 Å². The molecule has 0 unspecified atom stereocenters. The second-order valence-electron chi connectivity index (χ2n) is 8.12. The zero-order valence-corrected chi connectivity index (χ0v) is 17.5. The summed E-state index contributed by atoms with van der Waals surface area (Å²) in [5, 5.41) is 15.7. The minimum absolute atomic E-state index is 0.0701. The molecule has 3 heterocycles. The number of anilines is 2. The summed E-state index contributed by atoms with van der Waals surface area (Å²) >= 11 is 0. The number of H-pyrrole nitrogens is 1. The molecule has 0 amide bonds. The number of likely N-dealkylation sites (tertiary alicyclic amines) is 1. The molecule has 8 heteroatoms. The molecule has 2 aromatic heterocycles. The molecule has 1 saturated heterocycles. The van der Waals surface area contributed by atoms with E-state index in [1.807, 2.05) is 32.0 Å². The maximum atomic E-state index is 11.5. The van der Waals surface area contributed by atoms with Crippen molar-refractivity contribution < 1.29 is 9.66 Å². The Bertz CT molecular complexity index is 1060. The van der Waals surface area contributed by atoms with Gasteiger partial charge < -0.3 is 19.9 Å². The van der Waals surface area contributed by atoms with E-state index in [0.717, 1.165) is 29.6 Å². The van der Waals surface area contributed by atoms with E-state index in [9.17, 15) is 10.1 Å². The average molecular weight is 409 g/mol. The summed E-state index contributed by atoms with van der Waals surface area (Å²) < 4.78 is 5.61. The molecule has 1 fully saturated rings. The zero-order valence-electron chi connectivity index (χ0n) is 17.5. The van der Waals surface area contributed by atoms with Gasteiger partial charge in [0.15, 0.2) is 0 Å². The molecular weight excluding hydrogens is 382 g/mol. The van der Waals surface area contributed by atoms with Gasteiger partial charge in [0.2, 0.25) is 11.7 Å². The topological polar surface area (TPSA) is 96.3 Å². The minimum Gasteiger partial charge on any atom is -0.475 e. The number of nitrogens with zero attached hydrogens (tertiary/aromatic N) is 3. The Morgan fingerprint density at radius 3 is 2.90 bits per heavy atom. The summed E-state index contributed by atoms with van der Waals surface area (Å²) in [6.45, 7) is 4.92. The van der Waals surface area contributed by atoms with Crippen LogP contribution in [0.5, 0.6) is 5.88 Å². The monoisotopic (exact) mass is 409 g/mol. The van der Waals surface area contributed by atoms with Crippen LogP contribution in [0, 0.1) is 10.1 Å². The van der Waals surface area contributed by atoms with Crippen LogP contribution in [-0.2, 0) is 6.42 Å². The first-order valence-electron chi connectivity index (χ1n) is 10.3. The number of fused-ring (bicyclic) bond motifs is 1. The number of nitrogens with one attached hydrogen (secondary N) is 2. The molecule has 8 nitrogen and oxygen atoms in total. The van der Waals surface area contributed by atoms with Crippen molar-refractivity contribution in [3.8, 4) is 5.88 Å². The van der Waals surface area contributed by atoms with Gasteiger partial charge in [0.05, 0.1) is 11.0 Å². The molecule has 0 saturated carbocycles. The number of ether oxygens (including phenoxy) is 1. The average Bonchev–Trinajstić information content (AvgIpc) is 3.28. The number of likely N-dealkylation sites (N-methyl/N-ethyl adjacent to an activating group) is 1. The molecule has 158 valence electrons. The van der Waals surface area contributed by atoms with Gasteiger partial charge in [0, 0.05) is 41.0 Å². The summed E-state index contributed by atoms with van der Waals surface area (Å²) in [5.41, 5.74) is 2.97. The highest BCUT2D eigenvalue weighted by molar-refractivity contribution is 5.87. The highest BCUT2D eigenvalue weighted by atomic mass is 16.6. The van der Waals surface area contributed by atoms with E-state index in [4.69, 9.17) is 4.74 Å². The van der Waals surface area contributed by atoms with Crippen molar-refractivity contribution in [2.24, 2.45) is 0 Å². The van der Waals surface area contributed by atoms with Gasteiger partial charge in [-0.1, -0.05) is 0 Å². The van der Waals surface area contributed by atoms with Crippen molar-refractivity contribution in [2.75, 3.05) is 18.9 Å². The van der Waals surface area contributed by atoms with Crippen molar-refractivity contribution in [3.63, 3.8) is 0 Å². The number of rotatable bonds is 7. The SMILES string of the molecule is CC(C)Oc1ccc([N+](=O)[O-])c(Nc2ccc3[nH]cc(C[C@H]4CCCN4C)c3c2)n1. The first kappa shape index (κ1) is 20.2. The van der Waals surface area contributed by atoms with E-state index in [0.29, 0.717) is 11.9 Å². The Balaban J connectivity index is 1.63. The first-order valence-corrected chi connectivity index (χ1v) is 10.3. The lowest BCUT2D eigenvalue weighted by Crippen LogP contribution is -2.26. The molecule has 1 aliphatic heterocycles. The third-order valence-corrected chi connectivity index (χ3v) is 5.56. The van der Waals surface area contributed by atoms with Crippen molar-refractivity contribution in [3.05, 3.63) is 52.2 Å². The second kappa shape index (κ2) is 8.31. The Hall–Kier alpha value is -3.13. The standard InChI is InChI=1S/C22H27N5O3/c1-14(2)30-21-9-8-20(27(28)29)22(25-21)24-16-6-7-19-18(12-16)15(13-23-19)11-17-5-4-10-26(17)3/h6-9,12-14,17,23H,4-5,10-11H2,1-3H3,(H,24,25)/t17-/m1/s1. The number of hydrogen-bond donors (Lipinski definition) is 2. The van der Waals surface area contributed by atoms with Crippen LogP contribution in [0.1, 0.15) is 32.3 Å². The second-order valence-corrected chi connectivity index (χ2v) is 8.12. The van der Waals surface area contributed by atoms with Crippen LogP contribution in [0.3, 0.4) is 0 Å². The van der Waals surface area contributed by atoms with Gasteiger partial charge in [-0.15, -0.1) is 0 Å². The summed E-state index contributed by atoms with van der Waals surface area (Å²) in [7, 11) is 2.18. The number of hydrogen-bond acceptors (Lipinski definition) is 6. The minimum atomic E-state index is -0.440. The highest BCUT2D eigenvalue weighted by Crippen LogP contribution is 2.31. The fourth-order valence-electron chi connectivity index (χ4n) is 4.03. The first-order chi connectivity index (χ1) is 14.4. The summed E-state index contributed by atoms with van der Waals surface area (Å²) in [6, 6.07) is 9.40. The van der Waals surface area contributed by atoms with Crippen molar-refractivity contribution in [1.82, 2.24) is 14.9 Å². The fraction of sp³-hybridized carbons (Fsp3) is 0.409. The number of nitro groups is 1. The molecule has 1 aromatic carbocycles. The molecule has 0 aliphatic carbocycles. The lowest BCUT2D eigenvalue weighted by Gasteiger charge is -2.18. The lowest BCUT2D eigenvalue weighted by atomic mass is 10.0. The van der Waals surface area contributed by atoms with Crippen LogP contribution in [0.4, 0.5) is 17.2 Å². The van der Waals surface area contributed by atoms with Gasteiger partial charge in [0.1, 0.15) is 0 Å². The molecule has 3 aromatic rings. The van der Waals surface area contributed by atoms with Gasteiger partial charge in [-0.3, -0.25) is 10.1 Å². The molecule has 1 aliphatic rings. The maximum absolute atomic E-state index is 11.5. The summed E-state index contributed by atoms with van der Waals surface area (Å²) in [4.78, 5) is 21.1. The molecule has 0 spiro atoms. The van der Waals surface area contributed by atoms with Crippen LogP contribution in [0.15, 0.2) is 36.5 Å². The van der Waals surface area contributed by atoms with Gasteiger partial charge in [-0.25, -0.2) is 0 Å². The van der Waals surface area contributed by atoms with Gasteiger partial charge in [0.25, 0.3) is 0 Å². The molecule has 30 heavy (non-hydrogen) atoms. The van der Waals surface area contributed by atoms with Crippen molar-refractivity contribution in [1.29, 1.82) is 0 Å². The molecule has 2 N–H and O–H groups in total. The Labute approximate surface area is 175 Å². The Kier molecular flexibility index (Phi) is 5.59. The Morgan fingerprint density at radius 1 is 1.37 bits per heavy atom. The largest absolute Gasteiger partial charge is 0.475 e. The summed E-state index contributed by atoms with van der Waals surface area (Å²) in [5.74, 6) is 0.524. The molecule has 0 radical (unpaired) electrons. The van der Waals surface area contributed by atoms with E-state index in [1.165, 1.54) is 30.5 Å². The third-order valence-electron chi connectivity index (χ3n) is 5.56. The zero-order chi connectivity index (χ0) is 21.3. The van der Waals surface area contributed by atoms with Crippen LogP contribution >= 0.6 is 0 Å². The van der Waals surface area contributed by atoms with Crippen molar-refractivity contribution >= 4 is 28.1 Å². The molecule has 0 bridgehead atoms. The number of aromatic amines is 1. The van der Waals surface area contributed by atoms with E-state index in [-0.39, 0.29) is 17.6 Å². The van der Waals surface area contributed by atoms with E-state index in [1.54, 1.807) is 0 Å². The smallest absolute Gasteiger partial charge is 0.311 e. The highest BCUT2D eigenvalue weighted by Gasteiger charge is 2.22. The van der Waals surface area contributed by atoms with Gasteiger partial charge >= 0.3 is 5.69 Å². The number of benzene rings is 1. The predicted octanol–water partition coefficient (Wildman–Crippen LogP) is 4.64. The summed E-state index contributed by atoms with van der Waals surface area (Å²) in [6.07, 6.45) is 5.42. The number of aromatic nitrogens is 2. The van der Waals surface area contributed by atoms with E-state index >= 15 is 0 Å². The molecular formula is C22H27N5O3. The molecule has 1 atom stereocenters.